The van der Waals surface area contributed by atoms with Gasteiger partial charge in [0.05, 0.1) is 169 Å². The van der Waals surface area contributed by atoms with Crippen molar-refractivity contribution < 1.29 is 205 Å². The molecule has 0 rings (SSSR count). The first-order chi connectivity index (χ1) is 53.5. The molecular formula is C73H126O42. The number of rotatable bonds is 64. The van der Waals surface area contributed by atoms with Crippen molar-refractivity contribution in [3.8, 4) is 0 Å². The number of ether oxygens (including phenoxy) is 16. The number of carbonyl (C=O) groups is 11. The lowest BCUT2D eigenvalue weighted by Gasteiger charge is -2.33. The van der Waals surface area contributed by atoms with Crippen LogP contribution in [0.3, 0.4) is 0 Å². The zero-order chi connectivity index (χ0) is 88.6. The number of aliphatic hydroxyl groups excluding tert-OH is 14. The third-order valence-electron chi connectivity index (χ3n) is 19.0. The zero-order valence-electron chi connectivity index (χ0n) is 68.2. The van der Waals surface area contributed by atoms with E-state index < -0.39 is 367 Å². The van der Waals surface area contributed by atoms with E-state index in [0.717, 1.165) is 48.5 Å². The minimum absolute atomic E-state index is 0.0760. The number of hydrogen-bond acceptors (Lipinski definition) is 42. The van der Waals surface area contributed by atoms with Crippen LogP contribution in [0.5, 0.6) is 0 Å². The maximum absolute atomic E-state index is 14.1. The molecule has 0 aliphatic carbocycles. The molecule has 4 unspecified atom stereocenters. The lowest BCUT2D eigenvalue weighted by atomic mass is 9.88. The number of aliphatic hydroxyl groups is 15. The second kappa shape index (κ2) is 49.7. The maximum Gasteiger partial charge on any atom is 0.318 e. The van der Waals surface area contributed by atoms with Crippen LogP contribution in [0.2, 0.25) is 0 Å². The van der Waals surface area contributed by atoms with Gasteiger partial charge in [0, 0.05) is 0 Å². The number of carbonyl (C=O) groups excluding carboxylic acids is 11. The normalized spacial score (nSPS) is 14.8. The second-order valence-electron chi connectivity index (χ2n) is 32.0. The SMILES string of the molecule is CCC(C)(CO)C(=O)OCC(C)(COC(=O)C(C)(CO)CO)C(=O)OCCOCC(COCCOC(=O)C(C)(COCC(C)(O)CO)COC(=O)C(C)(CO)CO)(COCCOC(=O)C(C)(COC(=O)C(C)(CO)CO)COC(=O)C(C)(CO)CO)COCCOC(=O)C(C)(COC(=O)C(C)(CO)CO)COC(=O)C(C)(CO)CO. The van der Waals surface area contributed by atoms with Crippen molar-refractivity contribution in [1.82, 2.24) is 0 Å². The predicted octanol–water partition coefficient (Wildman–Crippen LogP) is -5.85. The van der Waals surface area contributed by atoms with Crippen LogP contribution in [0, 0.1) is 65.0 Å². The Bertz CT molecular complexity index is 2650. The molecule has 115 heavy (non-hydrogen) atoms. The third kappa shape index (κ3) is 32.9. The Morgan fingerprint density at radius 1 is 0.191 bits per heavy atom. The minimum Gasteiger partial charge on any atom is -0.464 e. The lowest BCUT2D eigenvalue weighted by Crippen LogP contribution is -2.46. The maximum atomic E-state index is 14.1. The van der Waals surface area contributed by atoms with Crippen LogP contribution in [0.4, 0.5) is 0 Å². The van der Waals surface area contributed by atoms with Crippen LogP contribution in [0.15, 0.2) is 0 Å². The van der Waals surface area contributed by atoms with Gasteiger partial charge in [0.1, 0.15) is 132 Å². The minimum atomic E-state index is -2.12. The number of esters is 11. The highest BCUT2D eigenvalue weighted by Crippen LogP contribution is 2.33. The molecule has 0 amide bonds. The largest absolute Gasteiger partial charge is 0.464 e. The molecule has 42 heteroatoms. The van der Waals surface area contributed by atoms with Gasteiger partial charge in [-0.05, 0) is 89.5 Å². The van der Waals surface area contributed by atoms with Crippen LogP contribution in [0.1, 0.15) is 96.4 Å². The van der Waals surface area contributed by atoms with E-state index >= 15 is 0 Å². The standard InChI is InChI=1S/C73H126O42/c1-14-61(2,23-74)50(88)109-39-69(10,40-111-52(90)63(4,26-77)27-78)58(96)106-20-16-101-47-73(46-100-15-19-105-57(95)68(9,37-104-45-72(13,99)36-87)38-110-51(89)62(3,24-75)25-76,48-102-17-21-107-59(97)70(11,41-112-53(91)64(5,28-79)29-80)42-113-54(92)65(6,30-81)31-82)49-103-18-22-108-60(98)71(12,43-114-55(93)66(7,32-83)33-84)44-115-56(94)67(8,34-85)35-86/h74-87,99H,14-49H2,1-13H3. The smallest absolute Gasteiger partial charge is 0.318 e. The van der Waals surface area contributed by atoms with Crippen molar-refractivity contribution in [2.24, 2.45) is 65.0 Å². The topological polar surface area (TPSA) is 639 Å². The molecule has 0 aromatic heterocycles. The van der Waals surface area contributed by atoms with Gasteiger partial charge in [0.15, 0.2) is 0 Å². The fraction of sp³-hybridized carbons (Fsp3) is 0.849. The Labute approximate surface area is 667 Å². The fourth-order valence-electron chi connectivity index (χ4n) is 8.24. The Kier molecular flexibility index (Phi) is 46.8. The predicted molar refractivity (Wildman–Crippen MR) is 386 cm³/mol. The second-order valence-corrected chi connectivity index (χ2v) is 32.0. The van der Waals surface area contributed by atoms with Gasteiger partial charge in [0.2, 0.25) is 0 Å². The molecule has 0 fully saturated rings. The Hall–Kier alpha value is -6.63. The van der Waals surface area contributed by atoms with Crippen LogP contribution in [-0.4, -0.2) is 379 Å². The van der Waals surface area contributed by atoms with Crippen molar-refractivity contribution >= 4 is 65.7 Å². The Morgan fingerprint density at radius 2 is 0.357 bits per heavy atom. The van der Waals surface area contributed by atoms with Gasteiger partial charge >= 0.3 is 65.7 Å². The molecule has 4 atom stereocenters. The molecule has 42 nitrogen and oxygen atoms in total. The van der Waals surface area contributed by atoms with E-state index in [1.54, 1.807) is 6.92 Å². The van der Waals surface area contributed by atoms with E-state index in [-0.39, 0.29) is 6.42 Å². The quantitative estimate of drug-likeness (QED) is 0.0153. The van der Waals surface area contributed by atoms with Gasteiger partial charge in [-0.3, -0.25) is 52.7 Å². The van der Waals surface area contributed by atoms with E-state index in [0.29, 0.717) is 0 Å². The molecule has 670 valence electrons. The summed E-state index contributed by atoms with van der Waals surface area (Å²) >= 11 is 0. The van der Waals surface area contributed by atoms with E-state index in [1.807, 2.05) is 0 Å². The molecule has 0 aromatic rings. The molecule has 0 aliphatic rings. The van der Waals surface area contributed by atoms with Crippen molar-refractivity contribution in [2.45, 2.75) is 102 Å². The first-order valence-corrected chi connectivity index (χ1v) is 36.6. The summed E-state index contributed by atoms with van der Waals surface area (Å²) in [5.41, 5.74) is -24.5. The average Bonchev–Trinajstić information content (AvgIpc) is 0.838. The first kappa shape index (κ1) is 108. The highest BCUT2D eigenvalue weighted by Gasteiger charge is 2.49. The molecule has 0 spiro atoms. The summed E-state index contributed by atoms with van der Waals surface area (Å²) in [7, 11) is 0. The molecule has 0 heterocycles. The lowest BCUT2D eigenvalue weighted by molar-refractivity contribution is -0.182. The highest BCUT2D eigenvalue weighted by atomic mass is 16.6. The van der Waals surface area contributed by atoms with Crippen LogP contribution in [0.25, 0.3) is 0 Å². The summed E-state index contributed by atoms with van der Waals surface area (Å²) < 4.78 is 89.5. The molecule has 0 aliphatic heterocycles. The molecule has 0 radical (unpaired) electrons. The number of hydrogen-bond donors (Lipinski definition) is 15. The van der Waals surface area contributed by atoms with Gasteiger partial charge in [-0.2, -0.15) is 0 Å². The van der Waals surface area contributed by atoms with Crippen molar-refractivity contribution in [2.75, 3.05) is 231 Å². The highest BCUT2D eigenvalue weighted by molar-refractivity contribution is 5.84. The Balaban J connectivity index is 8.09. The van der Waals surface area contributed by atoms with Crippen molar-refractivity contribution in [1.29, 1.82) is 0 Å². The first-order valence-electron chi connectivity index (χ1n) is 36.6. The molecule has 0 bridgehead atoms. The van der Waals surface area contributed by atoms with Crippen LogP contribution < -0.4 is 0 Å². The zero-order valence-corrected chi connectivity index (χ0v) is 68.2. The monoisotopic (exact) mass is 1670 g/mol. The van der Waals surface area contributed by atoms with Crippen molar-refractivity contribution in [3.05, 3.63) is 0 Å². The average molecular weight is 1680 g/mol. The van der Waals surface area contributed by atoms with Crippen LogP contribution in [-0.2, 0) is 129 Å². The van der Waals surface area contributed by atoms with Crippen molar-refractivity contribution in [3.63, 3.8) is 0 Å². The summed E-state index contributed by atoms with van der Waals surface area (Å²) in [6, 6.07) is 0. The van der Waals surface area contributed by atoms with Gasteiger partial charge < -0.3 is 152 Å². The van der Waals surface area contributed by atoms with E-state index in [9.17, 15) is 129 Å². The molecule has 0 aromatic carbocycles. The summed E-state index contributed by atoms with van der Waals surface area (Å²) in [5, 5.41) is 148. The summed E-state index contributed by atoms with van der Waals surface area (Å²) in [5.74, 6) is -12.8. The summed E-state index contributed by atoms with van der Waals surface area (Å²) in [4.78, 5) is 148. The molecule has 0 saturated heterocycles. The molecule has 0 saturated carbocycles. The fourth-order valence-corrected chi connectivity index (χ4v) is 8.24. The summed E-state index contributed by atoms with van der Waals surface area (Å²) in [6.45, 7) is -11.3. The third-order valence-corrected chi connectivity index (χ3v) is 19.0. The van der Waals surface area contributed by atoms with Gasteiger partial charge in [-0.25, -0.2) is 0 Å². The summed E-state index contributed by atoms with van der Waals surface area (Å²) in [6.07, 6.45) is 0.0760. The van der Waals surface area contributed by atoms with Crippen LogP contribution >= 0.6 is 0 Å². The van der Waals surface area contributed by atoms with Gasteiger partial charge in [-0.15, -0.1) is 0 Å². The van der Waals surface area contributed by atoms with E-state index in [4.69, 9.17) is 75.8 Å². The molecule has 15 N–H and O–H groups in total. The van der Waals surface area contributed by atoms with Gasteiger partial charge in [-0.1, -0.05) is 6.92 Å². The van der Waals surface area contributed by atoms with Gasteiger partial charge in [0.25, 0.3) is 0 Å². The Morgan fingerprint density at radius 3 is 0.522 bits per heavy atom. The van der Waals surface area contributed by atoms with E-state index in [1.165, 1.54) is 34.6 Å². The van der Waals surface area contributed by atoms with E-state index in [2.05, 4.69) is 0 Å². The molecular weight excluding hydrogens is 1550 g/mol.